The van der Waals surface area contributed by atoms with Crippen LogP contribution in [0.25, 0.3) is 66.4 Å². The fourth-order valence-corrected chi connectivity index (χ4v) is 13.0. The Hall–Kier alpha value is -8.98. The molecule has 2 heteroatoms. The standard InChI is InChI=1S/C68H43NO/c1-3-20-46(21-4-1)67(47-22-5-2-6-23-47)57-30-12-9-27-52(57)55-43-49(38-39-61(55)67)69(48-24-17-19-44(41-48)45-37-40-65-56(42-45)53-28-11-16-36-64(53)70-65)63-35-18-34-62-66(63)54-29-10-15-33-60(54)68(62)58-31-13-7-25-50(58)51-26-8-14-32-59(51)68/h1-43H. The summed E-state index contributed by atoms with van der Waals surface area (Å²) >= 11 is 0. The molecule has 0 fully saturated rings. The molecule has 12 aromatic rings. The van der Waals surface area contributed by atoms with Crippen molar-refractivity contribution in [1.82, 2.24) is 0 Å². The lowest BCUT2D eigenvalue weighted by Gasteiger charge is -2.34. The molecule has 0 atom stereocenters. The van der Waals surface area contributed by atoms with Crippen LogP contribution < -0.4 is 4.90 Å². The molecular weight excluding hydrogens is 847 g/mol. The fourth-order valence-electron chi connectivity index (χ4n) is 13.0. The molecule has 70 heavy (non-hydrogen) atoms. The third kappa shape index (κ3) is 5.17. The van der Waals surface area contributed by atoms with Crippen molar-refractivity contribution in [3.63, 3.8) is 0 Å². The summed E-state index contributed by atoms with van der Waals surface area (Å²) in [5, 5.41) is 2.24. The summed E-state index contributed by atoms with van der Waals surface area (Å²) in [7, 11) is 0. The van der Waals surface area contributed by atoms with Crippen molar-refractivity contribution in [3.05, 3.63) is 305 Å². The maximum Gasteiger partial charge on any atom is 0.135 e. The van der Waals surface area contributed by atoms with Gasteiger partial charge in [0.2, 0.25) is 0 Å². The summed E-state index contributed by atoms with van der Waals surface area (Å²) in [5.74, 6) is 0. The van der Waals surface area contributed by atoms with Gasteiger partial charge in [0.15, 0.2) is 0 Å². The van der Waals surface area contributed by atoms with Crippen molar-refractivity contribution in [3.8, 4) is 44.5 Å². The SMILES string of the molecule is c1ccc(C2(c3ccccc3)c3ccccc3-c3cc(N(c4cccc(-c5ccc6oc7ccccc7c6c5)c4)c4cccc5c4-c4ccccc4C54c5ccccc5-c5ccccc54)ccc32)cc1. The molecule has 1 heterocycles. The van der Waals surface area contributed by atoms with E-state index in [1.165, 1.54) is 77.9 Å². The molecule has 0 aliphatic heterocycles. The second kappa shape index (κ2) is 14.8. The van der Waals surface area contributed by atoms with Crippen LogP contribution in [-0.2, 0) is 10.8 Å². The first-order chi connectivity index (χ1) is 34.7. The Kier molecular flexibility index (Phi) is 8.24. The Morgan fingerprint density at radius 1 is 0.286 bits per heavy atom. The van der Waals surface area contributed by atoms with Crippen LogP contribution >= 0.6 is 0 Å². The molecule has 1 aromatic heterocycles. The third-order valence-electron chi connectivity index (χ3n) is 15.8. The zero-order chi connectivity index (χ0) is 46.0. The fraction of sp³-hybridized carbons (Fsp3) is 0.0294. The summed E-state index contributed by atoms with van der Waals surface area (Å²) in [6.07, 6.45) is 0. The highest BCUT2D eigenvalue weighted by Crippen LogP contribution is 2.65. The van der Waals surface area contributed by atoms with Crippen molar-refractivity contribution in [2.45, 2.75) is 10.8 Å². The largest absolute Gasteiger partial charge is 0.456 e. The molecule has 326 valence electrons. The van der Waals surface area contributed by atoms with Crippen LogP contribution in [0.1, 0.15) is 44.5 Å². The molecule has 3 aliphatic rings. The number of nitrogens with zero attached hydrogens (tertiary/aromatic N) is 1. The smallest absolute Gasteiger partial charge is 0.135 e. The molecule has 15 rings (SSSR count). The van der Waals surface area contributed by atoms with E-state index in [1.807, 2.05) is 6.07 Å². The van der Waals surface area contributed by atoms with Crippen LogP contribution in [0.3, 0.4) is 0 Å². The van der Waals surface area contributed by atoms with Gasteiger partial charge in [0.1, 0.15) is 11.2 Å². The summed E-state index contributed by atoms with van der Waals surface area (Å²) in [5.41, 5.74) is 24.4. The van der Waals surface area contributed by atoms with E-state index >= 15 is 0 Å². The molecule has 0 saturated carbocycles. The highest BCUT2D eigenvalue weighted by molar-refractivity contribution is 6.07. The predicted molar refractivity (Wildman–Crippen MR) is 287 cm³/mol. The molecular formula is C68H43NO. The summed E-state index contributed by atoms with van der Waals surface area (Å²) in [4.78, 5) is 2.53. The minimum absolute atomic E-state index is 0.479. The Morgan fingerprint density at radius 2 is 0.786 bits per heavy atom. The molecule has 11 aromatic carbocycles. The van der Waals surface area contributed by atoms with E-state index in [2.05, 4.69) is 260 Å². The van der Waals surface area contributed by atoms with Gasteiger partial charge in [0.25, 0.3) is 0 Å². The van der Waals surface area contributed by atoms with Gasteiger partial charge in [-0.1, -0.05) is 212 Å². The van der Waals surface area contributed by atoms with E-state index in [1.54, 1.807) is 0 Å². The quantitative estimate of drug-likeness (QED) is 0.165. The maximum absolute atomic E-state index is 6.30. The Morgan fingerprint density at radius 3 is 1.49 bits per heavy atom. The first-order valence-electron chi connectivity index (χ1n) is 24.3. The second-order valence-corrected chi connectivity index (χ2v) is 19.0. The minimum Gasteiger partial charge on any atom is -0.456 e. The number of hydrogen-bond acceptors (Lipinski definition) is 2. The van der Waals surface area contributed by atoms with Crippen molar-refractivity contribution >= 4 is 39.0 Å². The van der Waals surface area contributed by atoms with Gasteiger partial charge in [-0.2, -0.15) is 0 Å². The minimum atomic E-state index is -0.504. The van der Waals surface area contributed by atoms with Crippen molar-refractivity contribution in [2.75, 3.05) is 4.90 Å². The number of benzene rings is 11. The van der Waals surface area contributed by atoms with Crippen molar-refractivity contribution < 1.29 is 4.42 Å². The van der Waals surface area contributed by atoms with Crippen LogP contribution in [0, 0.1) is 0 Å². The zero-order valence-electron chi connectivity index (χ0n) is 38.2. The van der Waals surface area contributed by atoms with Gasteiger partial charge in [0, 0.05) is 27.7 Å². The van der Waals surface area contributed by atoms with Crippen molar-refractivity contribution in [2.24, 2.45) is 0 Å². The molecule has 3 aliphatic carbocycles. The van der Waals surface area contributed by atoms with Crippen LogP contribution in [0.2, 0.25) is 0 Å². The third-order valence-corrected chi connectivity index (χ3v) is 15.8. The predicted octanol–water partition coefficient (Wildman–Crippen LogP) is 17.4. The molecule has 0 saturated heterocycles. The van der Waals surface area contributed by atoms with E-state index in [9.17, 15) is 0 Å². The van der Waals surface area contributed by atoms with Crippen LogP contribution in [-0.4, -0.2) is 0 Å². The van der Waals surface area contributed by atoms with E-state index in [4.69, 9.17) is 4.42 Å². The highest BCUT2D eigenvalue weighted by Gasteiger charge is 2.52. The molecule has 0 unspecified atom stereocenters. The lowest BCUT2D eigenvalue weighted by atomic mass is 9.68. The molecule has 1 spiro atoms. The Bertz CT molecular complexity index is 4000. The second-order valence-electron chi connectivity index (χ2n) is 19.0. The zero-order valence-corrected chi connectivity index (χ0v) is 38.2. The lowest BCUT2D eigenvalue weighted by Crippen LogP contribution is -2.28. The number of anilines is 3. The van der Waals surface area contributed by atoms with Gasteiger partial charge in [-0.25, -0.2) is 0 Å². The van der Waals surface area contributed by atoms with Crippen LogP contribution in [0.4, 0.5) is 17.1 Å². The topological polar surface area (TPSA) is 16.4 Å². The van der Waals surface area contributed by atoms with E-state index in [0.717, 1.165) is 50.1 Å². The Balaban J connectivity index is 1.00. The normalized spacial score (nSPS) is 13.9. The molecule has 2 nitrogen and oxygen atoms in total. The number of hydrogen-bond donors (Lipinski definition) is 0. The monoisotopic (exact) mass is 889 g/mol. The number of fused-ring (bicyclic) bond motifs is 16. The molecule has 0 amide bonds. The number of para-hydroxylation sites is 1. The lowest BCUT2D eigenvalue weighted by molar-refractivity contribution is 0.669. The highest BCUT2D eigenvalue weighted by atomic mass is 16.3. The van der Waals surface area contributed by atoms with Crippen LogP contribution in [0.15, 0.2) is 265 Å². The van der Waals surface area contributed by atoms with Gasteiger partial charge >= 0.3 is 0 Å². The first kappa shape index (κ1) is 39.1. The van der Waals surface area contributed by atoms with E-state index < -0.39 is 10.8 Å². The molecule has 0 bridgehead atoms. The maximum atomic E-state index is 6.30. The van der Waals surface area contributed by atoms with E-state index in [-0.39, 0.29) is 0 Å². The summed E-state index contributed by atoms with van der Waals surface area (Å²) < 4.78 is 6.30. The first-order valence-corrected chi connectivity index (χ1v) is 24.3. The average molecular weight is 890 g/mol. The van der Waals surface area contributed by atoms with E-state index in [0.29, 0.717) is 0 Å². The number of furan rings is 1. The van der Waals surface area contributed by atoms with Crippen LogP contribution in [0.5, 0.6) is 0 Å². The van der Waals surface area contributed by atoms with Gasteiger partial charge < -0.3 is 9.32 Å². The van der Waals surface area contributed by atoms with Gasteiger partial charge in [0.05, 0.1) is 16.5 Å². The summed E-state index contributed by atoms with van der Waals surface area (Å²) in [6, 6.07) is 96.8. The van der Waals surface area contributed by atoms with Gasteiger partial charge in [-0.05, 0) is 132 Å². The van der Waals surface area contributed by atoms with Crippen molar-refractivity contribution in [1.29, 1.82) is 0 Å². The van der Waals surface area contributed by atoms with Gasteiger partial charge in [-0.15, -0.1) is 0 Å². The molecule has 0 N–H and O–H groups in total. The number of rotatable bonds is 6. The average Bonchev–Trinajstić information content (AvgIpc) is 4.15. The summed E-state index contributed by atoms with van der Waals surface area (Å²) in [6.45, 7) is 0. The van der Waals surface area contributed by atoms with Gasteiger partial charge in [-0.3, -0.25) is 0 Å². The Labute approximate surface area is 407 Å². The molecule has 0 radical (unpaired) electrons.